The van der Waals surface area contributed by atoms with Crippen molar-refractivity contribution in [2.45, 2.75) is 44.8 Å². The molecule has 0 amide bonds. The van der Waals surface area contributed by atoms with Gasteiger partial charge in [-0.05, 0) is 44.0 Å². The predicted molar refractivity (Wildman–Crippen MR) is 125 cm³/mol. The summed E-state index contributed by atoms with van der Waals surface area (Å²) in [6.45, 7) is 7.01. The van der Waals surface area contributed by atoms with Crippen LogP contribution in [0.2, 0.25) is 0 Å². The monoisotopic (exact) mass is 434 g/mol. The standard InChI is InChI=1S/C24H26N4O2S/c1-5-28-22-21(17(3)26-28)25-24(31-15-18-11-9-16(2)10-12-18)27(23(22)29)14-19-7-6-8-20(13-19)30-4/h6-13H,5,14-15H2,1-4H3. The molecule has 2 aromatic carbocycles. The normalized spacial score (nSPS) is 11.2. The van der Waals surface area contributed by atoms with Crippen LogP contribution in [0.15, 0.2) is 58.5 Å². The van der Waals surface area contributed by atoms with E-state index in [2.05, 4.69) is 36.3 Å². The number of nitrogens with zero attached hydrogens (tertiary/aromatic N) is 4. The first-order valence-electron chi connectivity index (χ1n) is 10.3. The van der Waals surface area contributed by atoms with Gasteiger partial charge in [0.2, 0.25) is 0 Å². The third-order valence-electron chi connectivity index (χ3n) is 5.24. The van der Waals surface area contributed by atoms with Crippen molar-refractivity contribution in [2.24, 2.45) is 0 Å². The molecule has 0 aliphatic carbocycles. The van der Waals surface area contributed by atoms with E-state index in [4.69, 9.17) is 9.72 Å². The van der Waals surface area contributed by atoms with Crippen molar-refractivity contribution in [2.75, 3.05) is 7.11 Å². The molecule has 0 atom stereocenters. The number of aryl methyl sites for hydroxylation is 3. The zero-order valence-corrected chi connectivity index (χ0v) is 19.1. The first-order valence-corrected chi connectivity index (χ1v) is 11.3. The molecule has 0 radical (unpaired) electrons. The fourth-order valence-electron chi connectivity index (χ4n) is 3.55. The van der Waals surface area contributed by atoms with E-state index in [0.717, 1.165) is 22.8 Å². The topological polar surface area (TPSA) is 61.9 Å². The van der Waals surface area contributed by atoms with Crippen molar-refractivity contribution in [3.8, 4) is 5.75 Å². The van der Waals surface area contributed by atoms with Crippen molar-refractivity contribution < 1.29 is 4.74 Å². The van der Waals surface area contributed by atoms with Crippen molar-refractivity contribution in [3.05, 3.63) is 81.3 Å². The van der Waals surface area contributed by atoms with E-state index in [9.17, 15) is 4.79 Å². The van der Waals surface area contributed by atoms with E-state index in [1.807, 2.05) is 38.1 Å². The fourth-order valence-corrected chi connectivity index (χ4v) is 4.50. The quantitative estimate of drug-likeness (QED) is 0.315. The molecule has 0 spiro atoms. The average Bonchev–Trinajstić information content (AvgIpc) is 3.11. The number of benzene rings is 2. The fraction of sp³-hybridized carbons (Fsp3) is 0.292. The Hall–Kier alpha value is -3.06. The molecule has 0 saturated carbocycles. The summed E-state index contributed by atoms with van der Waals surface area (Å²) in [6.07, 6.45) is 0. The number of hydrogen-bond acceptors (Lipinski definition) is 5. The van der Waals surface area contributed by atoms with Crippen LogP contribution >= 0.6 is 11.8 Å². The van der Waals surface area contributed by atoms with Crippen LogP contribution in [0.1, 0.15) is 29.3 Å². The summed E-state index contributed by atoms with van der Waals surface area (Å²) in [6, 6.07) is 16.2. The minimum atomic E-state index is -0.0679. The average molecular weight is 435 g/mol. The number of thioether (sulfide) groups is 1. The van der Waals surface area contributed by atoms with Gasteiger partial charge in [0.25, 0.3) is 5.56 Å². The van der Waals surface area contributed by atoms with Crippen LogP contribution in [0, 0.1) is 13.8 Å². The lowest BCUT2D eigenvalue weighted by molar-refractivity contribution is 0.414. The summed E-state index contributed by atoms with van der Waals surface area (Å²) in [5.74, 6) is 1.50. The van der Waals surface area contributed by atoms with Gasteiger partial charge in [-0.2, -0.15) is 5.10 Å². The molecular weight excluding hydrogens is 408 g/mol. The molecule has 0 fully saturated rings. The molecule has 0 unspecified atom stereocenters. The van der Waals surface area contributed by atoms with Crippen LogP contribution in [0.25, 0.3) is 11.0 Å². The molecule has 2 aromatic heterocycles. The summed E-state index contributed by atoms with van der Waals surface area (Å²) in [7, 11) is 1.64. The van der Waals surface area contributed by atoms with E-state index in [1.54, 1.807) is 28.1 Å². The maximum atomic E-state index is 13.6. The Morgan fingerprint density at radius 2 is 1.84 bits per heavy atom. The van der Waals surface area contributed by atoms with Gasteiger partial charge in [0.05, 0.1) is 19.3 Å². The molecule has 4 rings (SSSR count). The predicted octanol–water partition coefficient (Wildman–Crippen LogP) is 4.58. The molecule has 0 bridgehead atoms. The lowest BCUT2D eigenvalue weighted by Crippen LogP contribution is -2.25. The Bertz CT molecular complexity index is 1280. The van der Waals surface area contributed by atoms with Gasteiger partial charge >= 0.3 is 0 Å². The van der Waals surface area contributed by atoms with Gasteiger partial charge in [0, 0.05) is 12.3 Å². The van der Waals surface area contributed by atoms with Crippen LogP contribution in [0.5, 0.6) is 5.75 Å². The Morgan fingerprint density at radius 3 is 2.55 bits per heavy atom. The Balaban J connectivity index is 1.79. The zero-order chi connectivity index (χ0) is 22.0. The molecule has 0 saturated heterocycles. The van der Waals surface area contributed by atoms with Crippen LogP contribution < -0.4 is 10.3 Å². The molecule has 6 nitrogen and oxygen atoms in total. The minimum absolute atomic E-state index is 0.0679. The number of hydrogen-bond donors (Lipinski definition) is 0. The lowest BCUT2D eigenvalue weighted by Gasteiger charge is -2.13. The van der Waals surface area contributed by atoms with Gasteiger partial charge in [-0.1, -0.05) is 53.7 Å². The lowest BCUT2D eigenvalue weighted by atomic mass is 10.2. The van der Waals surface area contributed by atoms with Crippen molar-refractivity contribution in [1.29, 1.82) is 0 Å². The number of rotatable bonds is 7. The summed E-state index contributed by atoms with van der Waals surface area (Å²) in [4.78, 5) is 18.5. The zero-order valence-electron chi connectivity index (χ0n) is 18.3. The highest BCUT2D eigenvalue weighted by Gasteiger charge is 2.18. The third kappa shape index (κ3) is 4.37. The number of fused-ring (bicyclic) bond motifs is 1. The van der Waals surface area contributed by atoms with Crippen LogP contribution in [-0.2, 0) is 18.8 Å². The van der Waals surface area contributed by atoms with Gasteiger partial charge in [0.1, 0.15) is 11.3 Å². The summed E-state index contributed by atoms with van der Waals surface area (Å²) in [5.41, 5.74) is 5.35. The van der Waals surface area contributed by atoms with Crippen LogP contribution in [0.4, 0.5) is 0 Å². The van der Waals surface area contributed by atoms with Gasteiger partial charge in [-0.25, -0.2) is 4.98 Å². The number of methoxy groups -OCH3 is 1. The highest BCUT2D eigenvalue weighted by atomic mass is 32.2. The smallest absolute Gasteiger partial charge is 0.280 e. The maximum Gasteiger partial charge on any atom is 0.280 e. The maximum absolute atomic E-state index is 13.6. The first-order chi connectivity index (χ1) is 15.0. The van der Waals surface area contributed by atoms with E-state index >= 15 is 0 Å². The molecule has 4 aromatic rings. The van der Waals surface area contributed by atoms with E-state index in [1.165, 1.54) is 11.1 Å². The third-order valence-corrected chi connectivity index (χ3v) is 6.29. The highest BCUT2D eigenvalue weighted by molar-refractivity contribution is 7.98. The minimum Gasteiger partial charge on any atom is -0.497 e. The van der Waals surface area contributed by atoms with Gasteiger partial charge in [-0.3, -0.25) is 14.0 Å². The molecule has 31 heavy (non-hydrogen) atoms. The van der Waals surface area contributed by atoms with Crippen LogP contribution in [-0.4, -0.2) is 26.4 Å². The van der Waals surface area contributed by atoms with Crippen LogP contribution in [0.3, 0.4) is 0 Å². The molecule has 0 aliphatic heterocycles. The molecule has 7 heteroatoms. The van der Waals surface area contributed by atoms with Gasteiger partial charge < -0.3 is 4.74 Å². The Kier molecular flexibility index (Phi) is 6.13. The molecule has 0 N–H and O–H groups in total. The highest BCUT2D eigenvalue weighted by Crippen LogP contribution is 2.25. The molecular formula is C24H26N4O2S. The van der Waals surface area contributed by atoms with Crippen molar-refractivity contribution >= 4 is 22.8 Å². The Labute approximate surface area is 185 Å². The second-order valence-corrected chi connectivity index (χ2v) is 8.45. The van der Waals surface area contributed by atoms with Gasteiger partial charge in [-0.15, -0.1) is 0 Å². The first kappa shape index (κ1) is 21.2. The second kappa shape index (κ2) is 8.98. The van der Waals surface area contributed by atoms with Crippen molar-refractivity contribution in [1.82, 2.24) is 19.3 Å². The summed E-state index contributed by atoms with van der Waals surface area (Å²) in [5, 5.41) is 5.22. The van der Waals surface area contributed by atoms with E-state index in [-0.39, 0.29) is 5.56 Å². The van der Waals surface area contributed by atoms with E-state index in [0.29, 0.717) is 29.3 Å². The largest absolute Gasteiger partial charge is 0.497 e. The van der Waals surface area contributed by atoms with Gasteiger partial charge in [0.15, 0.2) is 10.7 Å². The summed E-state index contributed by atoms with van der Waals surface area (Å²) < 4.78 is 8.86. The molecule has 0 aliphatic rings. The molecule has 160 valence electrons. The SMILES string of the molecule is CCn1nc(C)c2nc(SCc3ccc(C)cc3)n(Cc3cccc(OC)c3)c(=O)c21. The Morgan fingerprint density at radius 1 is 1.06 bits per heavy atom. The molecule has 2 heterocycles. The number of aromatic nitrogens is 4. The second-order valence-electron chi connectivity index (χ2n) is 7.51. The summed E-state index contributed by atoms with van der Waals surface area (Å²) >= 11 is 1.57. The van der Waals surface area contributed by atoms with Crippen molar-refractivity contribution in [3.63, 3.8) is 0 Å². The number of ether oxygens (including phenoxy) is 1. The van der Waals surface area contributed by atoms with E-state index < -0.39 is 0 Å².